The Hall–Kier alpha value is -4.70. The van der Waals surface area contributed by atoms with Gasteiger partial charge >= 0.3 is 0 Å². The summed E-state index contributed by atoms with van der Waals surface area (Å²) < 4.78 is 7.48. The summed E-state index contributed by atoms with van der Waals surface area (Å²) >= 11 is 0. The van der Waals surface area contributed by atoms with Gasteiger partial charge in [0.15, 0.2) is 0 Å². The van der Waals surface area contributed by atoms with Crippen molar-refractivity contribution in [3.05, 3.63) is 125 Å². The van der Waals surface area contributed by atoms with E-state index in [1.807, 2.05) is 0 Å². The predicted octanol–water partition coefficient (Wildman–Crippen LogP) is 13.3. The fourth-order valence-corrected chi connectivity index (χ4v) is 16.3. The van der Waals surface area contributed by atoms with Crippen LogP contribution in [0.3, 0.4) is 0 Å². The van der Waals surface area contributed by atoms with E-state index in [0.717, 1.165) is 29.0 Å². The van der Waals surface area contributed by atoms with Crippen LogP contribution in [0.25, 0.3) is 11.0 Å². The molecule has 0 amide bonds. The lowest BCUT2D eigenvalue weighted by Gasteiger charge is -2.73. The minimum absolute atomic E-state index is 0.0410. The lowest BCUT2D eigenvalue weighted by atomic mass is 9.31. The highest BCUT2D eigenvalue weighted by Crippen LogP contribution is 2.86. The number of furan rings is 1. The molecule has 0 N–H and O–H groups in total. The van der Waals surface area contributed by atoms with Crippen molar-refractivity contribution in [2.45, 2.75) is 140 Å². The van der Waals surface area contributed by atoms with Crippen LogP contribution < -0.4 is 26.4 Å². The third kappa shape index (κ3) is 4.28. The van der Waals surface area contributed by atoms with Gasteiger partial charge in [-0.1, -0.05) is 97.9 Å². The molecule has 0 radical (unpaired) electrons. The van der Waals surface area contributed by atoms with E-state index in [-0.39, 0.29) is 28.4 Å². The van der Waals surface area contributed by atoms with E-state index in [1.165, 1.54) is 130 Å². The van der Waals surface area contributed by atoms with Gasteiger partial charge in [0.1, 0.15) is 5.58 Å². The van der Waals surface area contributed by atoms with Crippen molar-refractivity contribution in [1.29, 1.82) is 0 Å². The van der Waals surface area contributed by atoms with Crippen LogP contribution in [0.15, 0.2) is 101 Å². The second-order valence-corrected chi connectivity index (χ2v) is 24.4. The van der Waals surface area contributed by atoms with Gasteiger partial charge in [-0.15, -0.1) is 0 Å². The lowest BCUT2D eigenvalue weighted by Crippen LogP contribution is -2.68. The minimum Gasteiger partial charge on any atom is -0.468 e. The van der Waals surface area contributed by atoms with E-state index in [9.17, 15) is 0 Å². The molecule has 4 saturated carbocycles. The maximum Gasteiger partial charge on any atom is 0.297 e. The third-order valence-electron chi connectivity index (χ3n) is 19.6. The first-order valence-corrected chi connectivity index (χ1v) is 24.3. The van der Waals surface area contributed by atoms with Gasteiger partial charge in [-0.25, -0.2) is 0 Å². The van der Waals surface area contributed by atoms with Crippen molar-refractivity contribution in [1.82, 2.24) is 0 Å². The van der Waals surface area contributed by atoms with Crippen molar-refractivity contribution >= 4 is 68.4 Å². The third-order valence-corrected chi connectivity index (χ3v) is 19.6. The predicted molar refractivity (Wildman–Crippen MR) is 258 cm³/mol. The highest BCUT2D eigenvalue weighted by molar-refractivity contribution is 7.00. The Balaban J connectivity index is 1.05. The smallest absolute Gasteiger partial charge is 0.297 e. The Morgan fingerprint density at radius 2 is 1.23 bits per heavy atom. The van der Waals surface area contributed by atoms with Crippen LogP contribution in [0, 0.1) is 23.2 Å². The molecule has 14 rings (SSSR count). The van der Waals surface area contributed by atoms with Crippen LogP contribution in [0.2, 0.25) is 0 Å². The second-order valence-electron chi connectivity index (χ2n) is 24.4. The zero-order valence-electron chi connectivity index (χ0n) is 38.2. The Labute approximate surface area is 369 Å². The van der Waals surface area contributed by atoms with Crippen LogP contribution >= 0.6 is 0 Å². The first-order chi connectivity index (χ1) is 29.6. The fourth-order valence-electron chi connectivity index (χ4n) is 16.3. The van der Waals surface area contributed by atoms with Gasteiger partial charge in [0.2, 0.25) is 0 Å². The van der Waals surface area contributed by atoms with Gasteiger partial charge < -0.3 is 14.2 Å². The van der Waals surface area contributed by atoms with Crippen molar-refractivity contribution < 1.29 is 4.42 Å². The SMILES string of the molecule is CC1(C)CCC(C)(C)c2cc(N3c4cc5c(cc4B4c6oc7ccc(C89CC%10CC%11CC(C8)C%119C%10)cc7c6N(c6ccccc6)c6cccc3c64)C(C)(C)CCC5(C)C)ccc21. The average molecular weight is 813 g/mol. The molecule has 62 heavy (non-hydrogen) atoms. The van der Waals surface area contributed by atoms with Crippen LogP contribution in [0.5, 0.6) is 0 Å². The van der Waals surface area contributed by atoms with Crippen molar-refractivity contribution in [3.63, 3.8) is 0 Å². The van der Waals surface area contributed by atoms with Crippen molar-refractivity contribution in [3.8, 4) is 0 Å². The van der Waals surface area contributed by atoms with Crippen LogP contribution in [0.1, 0.15) is 141 Å². The number of fused-ring (bicyclic) bond motifs is 9. The summed E-state index contributed by atoms with van der Waals surface area (Å²) in [5.41, 5.74) is 21.3. The van der Waals surface area contributed by atoms with Crippen LogP contribution in [-0.2, 0) is 27.1 Å². The van der Waals surface area contributed by atoms with E-state index in [1.54, 1.807) is 5.56 Å². The Kier molecular flexibility index (Phi) is 6.71. The van der Waals surface area contributed by atoms with Gasteiger partial charge in [-0.3, -0.25) is 0 Å². The summed E-state index contributed by atoms with van der Waals surface area (Å²) in [6.45, 7) is 19.7. The normalized spacial score (nSPS) is 30.1. The van der Waals surface area contributed by atoms with E-state index in [4.69, 9.17) is 4.42 Å². The van der Waals surface area contributed by atoms with Gasteiger partial charge in [0.05, 0.1) is 11.3 Å². The molecule has 5 aromatic carbocycles. The van der Waals surface area contributed by atoms with Gasteiger partial charge in [0, 0.05) is 39.2 Å². The fraction of sp³-hybridized carbons (Fsp3) is 0.448. The monoisotopic (exact) mass is 812 g/mol. The van der Waals surface area contributed by atoms with Gasteiger partial charge in [0.25, 0.3) is 6.71 Å². The molecule has 3 heterocycles. The standard InChI is InChI=1S/C58H61BN2O/c1-53(2)21-22-54(3,4)42-28-39(18-19-41(42)53)60-46-15-12-16-47-50(46)59(45-29-43-44(30-48(45)60)56(7,8)24-23-55(43,5)6)52-51(61(47)38-13-10-9-11-14-38)40-27-35(17-20-49(40)62-52)57-31-34-25-36-26-37(33-57)58(36,57)32-34/h9-20,27-30,34,36-37H,21-26,31-33H2,1-8H3. The number of rotatable bonds is 3. The minimum atomic E-state index is -0.0410. The Morgan fingerprint density at radius 1 is 0.548 bits per heavy atom. The number of benzene rings is 5. The lowest BCUT2D eigenvalue weighted by molar-refractivity contribution is -0.198. The summed E-state index contributed by atoms with van der Waals surface area (Å²) in [7, 11) is 0. The summed E-state index contributed by atoms with van der Waals surface area (Å²) in [5, 5.41) is 1.29. The molecule has 312 valence electrons. The molecule has 2 bridgehead atoms. The topological polar surface area (TPSA) is 19.6 Å². The number of hydrogen-bond acceptors (Lipinski definition) is 3. The van der Waals surface area contributed by atoms with Gasteiger partial charge in [-0.05, 0) is 196 Å². The Bertz CT molecular complexity index is 2970. The van der Waals surface area contributed by atoms with E-state index in [0.29, 0.717) is 10.8 Å². The molecule has 1 spiro atoms. The number of hydrogen-bond donors (Lipinski definition) is 0. The van der Waals surface area contributed by atoms with E-state index < -0.39 is 0 Å². The van der Waals surface area contributed by atoms with E-state index >= 15 is 0 Å². The molecule has 8 aliphatic rings. The molecular weight excluding hydrogens is 751 g/mol. The Morgan fingerprint density at radius 3 is 1.94 bits per heavy atom. The second kappa shape index (κ2) is 11.3. The van der Waals surface area contributed by atoms with Crippen LogP contribution in [-0.4, -0.2) is 6.71 Å². The first-order valence-electron chi connectivity index (χ1n) is 24.3. The summed E-state index contributed by atoms with van der Waals surface area (Å²) in [5.74, 6) is 2.83. The number of anilines is 6. The number of para-hydroxylation sites is 1. The molecule has 5 unspecified atom stereocenters. The first kappa shape index (κ1) is 36.8. The van der Waals surface area contributed by atoms with Crippen molar-refractivity contribution in [2.75, 3.05) is 9.80 Å². The number of nitrogens with zero attached hydrogens (tertiary/aromatic N) is 2. The molecule has 4 heteroatoms. The zero-order valence-corrected chi connectivity index (χ0v) is 38.2. The molecular formula is C58H61BN2O. The van der Waals surface area contributed by atoms with E-state index in [2.05, 4.69) is 162 Å². The molecule has 2 aliphatic heterocycles. The molecule has 1 aromatic heterocycles. The van der Waals surface area contributed by atoms with Gasteiger partial charge in [-0.2, -0.15) is 0 Å². The average Bonchev–Trinajstić information content (AvgIpc) is 3.90. The van der Waals surface area contributed by atoms with Crippen LogP contribution in [0.4, 0.5) is 34.1 Å². The molecule has 0 saturated heterocycles. The molecule has 5 atom stereocenters. The zero-order chi connectivity index (χ0) is 42.1. The molecule has 3 nitrogen and oxygen atoms in total. The molecule has 6 aliphatic carbocycles. The summed E-state index contributed by atoms with van der Waals surface area (Å²) in [6, 6.07) is 38.6. The highest BCUT2D eigenvalue weighted by atomic mass is 16.3. The highest BCUT2D eigenvalue weighted by Gasteiger charge is 2.80. The molecule has 6 aromatic rings. The summed E-state index contributed by atoms with van der Waals surface area (Å²) in [6.07, 6.45) is 12.0. The largest absolute Gasteiger partial charge is 0.468 e. The quantitative estimate of drug-likeness (QED) is 0.166. The maximum atomic E-state index is 7.48. The molecule has 4 fully saturated rings. The maximum absolute atomic E-state index is 7.48. The van der Waals surface area contributed by atoms with Crippen molar-refractivity contribution in [2.24, 2.45) is 23.2 Å². The summed E-state index contributed by atoms with van der Waals surface area (Å²) in [4.78, 5) is 5.24.